The van der Waals surface area contributed by atoms with Crippen molar-refractivity contribution >= 4 is 18.5 Å². The molecule has 3 heteroatoms. The fourth-order valence-corrected chi connectivity index (χ4v) is 7.08. The average Bonchev–Trinajstić information content (AvgIpc) is 3.00. The summed E-state index contributed by atoms with van der Waals surface area (Å²) < 4.78 is 11.6. The molecule has 0 N–H and O–H groups in total. The van der Waals surface area contributed by atoms with E-state index in [9.17, 15) is 0 Å². The number of hydrogen-bond acceptors (Lipinski definition) is 2. The van der Waals surface area contributed by atoms with Gasteiger partial charge in [-0.1, -0.05) is 81.0 Å². The van der Waals surface area contributed by atoms with Crippen LogP contribution in [0.3, 0.4) is 0 Å². The minimum Gasteiger partial charge on any atom is -0.467 e. The molecule has 0 heterocycles. The van der Waals surface area contributed by atoms with E-state index in [1.807, 2.05) is 0 Å². The number of allylic oxidation sites excluding steroid dienone is 4. The van der Waals surface area contributed by atoms with Gasteiger partial charge in [0.25, 0.3) is 0 Å². The number of methoxy groups -OCH3 is 1. The summed E-state index contributed by atoms with van der Waals surface area (Å²) in [4.78, 5) is 0. The number of rotatable bonds is 6. The van der Waals surface area contributed by atoms with Crippen LogP contribution in [0.1, 0.15) is 45.7 Å². The Morgan fingerprint density at radius 3 is 2.28 bits per heavy atom. The fraction of sp³-hybridized carbons (Fsp3) is 0.385. The van der Waals surface area contributed by atoms with E-state index in [0.717, 1.165) is 5.75 Å². The standard InChI is InChI=1S/C26H33O2P/c1-19-16-22(25(3,4)5)24(28-18-27-7)23(17-19)29(21-13-9-8-10-14-21)26(6)15-11-12-20(26)2/h8-17H,18H2,1-7H3. The summed E-state index contributed by atoms with van der Waals surface area (Å²) in [5.74, 6) is 0.981. The van der Waals surface area contributed by atoms with E-state index < -0.39 is 7.92 Å². The third-order valence-corrected chi connectivity index (χ3v) is 8.69. The lowest BCUT2D eigenvalue weighted by Crippen LogP contribution is -2.32. The van der Waals surface area contributed by atoms with Crippen LogP contribution >= 0.6 is 7.92 Å². The van der Waals surface area contributed by atoms with E-state index in [-0.39, 0.29) is 17.4 Å². The molecule has 0 saturated heterocycles. The molecule has 1 aliphatic carbocycles. The normalized spacial score (nSPS) is 19.9. The molecule has 29 heavy (non-hydrogen) atoms. The zero-order chi connectivity index (χ0) is 21.2. The molecule has 0 fully saturated rings. The van der Waals surface area contributed by atoms with Gasteiger partial charge in [0.05, 0.1) is 0 Å². The lowest BCUT2D eigenvalue weighted by atomic mass is 9.85. The van der Waals surface area contributed by atoms with Crippen LogP contribution in [-0.4, -0.2) is 19.1 Å². The summed E-state index contributed by atoms with van der Waals surface area (Å²) in [6.07, 6.45) is 6.80. The molecule has 0 spiro atoms. The van der Waals surface area contributed by atoms with Crippen molar-refractivity contribution in [1.29, 1.82) is 0 Å². The number of hydrogen-bond donors (Lipinski definition) is 0. The van der Waals surface area contributed by atoms with E-state index >= 15 is 0 Å². The maximum absolute atomic E-state index is 6.29. The highest BCUT2D eigenvalue weighted by Gasteiger charge is 2.40. The van der Waals surface area contributed by atoms with Gasteiger partial charge in [-0.2, -0.15) is 0 Å². The van der Waals surface area contributed by atoms with Crippen LogP contribution in [-0.2, 0) is 10.2 Å². The monoisotopic (exact) mass is 408 g/mol. The number of aryl methyl sites for hydroxylation is 1. The molecule has 1 aliphatic rings. The van der Waals surface area contributed by atoms with Crippen LogP contribution in [0.2, 0.25) is 0 Å². The lowest BCUT2D eigenvalue weighted by molar-refractivity contribution is 0.0506. The van der Waals surface area contributed by atoms with Crippen molar-refractivity contribution in [1.82, 2.24) is 0 Å². The predicted molar refractivity (Wildman–Crippen MR) is 126 cm³/mol. The van der Waals surface area contributed by atoms with Crippen LogP contribution in [0, 0.1) is 6.92 Å². The molecule has 0 saturated carbocycles. The van der Waals surface area contributed by atoms with Crippen molar-refractivity contribution in [3.63, 3.8) is 0 Å². The van der Waals surface area contributed by atoms with Crippen molar-refractivity contribution in [2.24, 2.45) is 0 Å². The topological polar surface area (TPSA) is 18.5 Å². The van der Waals surface area contributed by atoms with E-state index in [1.54, 1.807) is 7.11 Å². The maximum Gasteiger partial charge on any atom is 0.188 e. The minimum absolute atomic E-state index is 0.0289. The summed E-state index contributed by atoms with van der Waals surface area (Å²) >= 11 is 0. The third kappa shape index (κ3) is 4.34. The molecule has 3 rings (SSSR count). The molecule has 0 bridgehead atoms. The van der Waals surface area contributed by atoms with Gasteiger partial charge in [0.1, 0.15) is 5.75 Å². The van der Waals surface area contributed by atoms with Crippen LogP contribution in [0.15, 0.2) is 66.3 Å². The lowest BCUT2D eigenvalue weighted by Gasteiger charge is -2.38. The molecular formula is C26H33O2P. The second-order valence-corrected chi connectivity index (χ2v) is 11.6. The Labute approximate surface area is 177 Å². The Kier molecular flexibility index (Phi) is 6.36. The molecule has 0 amide bonds. The van der Waals surface area contributed by atoms with Gasteiger partial charge in [-0.15, -0.1) is 0 Å². The quantitative estimate of drug-likeness (QED) is 0.432. The second kappa shape index (κ2) is 8.46. The molecule has 2 atom stereocenters. The Balaban J connectivity index is 2.32. The third-order valence-electron chi connectivity index (χ3n) is 5.63. The fourth-order valence-electron chi connectivity index (χ4n) is 3.91. The molecule has 2 aromatic rings. The largest absolute Gasteiger partial charge is 0.467 e. The van der Waals surface area contributed by atoms with Gasteiger partial charge >= 0.3 is 0 Å². The first-order valence-electron chi connectivity index (χ1n) is 10.2. The van der Waals surface area contributed by atoms with E-state index in [4.69, 9.17) is 9.47 Å². The summed E-state index contributed by atoms with van der Waals surface area (Å²) in [7, 11) is 0.953. The molecule has 0 aromatic heterocycles. The number of ether oxygens (including phenoxy) is 2. The first-order chi connectivity index (χ1) is 13.7. The van der Waals surface area contributed by atoms with Crippen molar-refractivity contribution in [2.75, 3.05) is 13.9 Å². The first-order valence-corrected chi connectivity index (χ1v) is 11.5. The predicted octanol–water partition coefficient (Wildman–Crippen LogP) is 5.98. The molecule has 2 nitrogen and oxygen atoms in total. The zero-order valence-corrected chi connectivity index (χ0v) is 19.6. The van der Waals surface area contributed by atoms with Crippen LogP contribution in [0.4, 0.5) is 0 Å². The van der Waals surface area contributed by atoms with Crippen LogP contribution in [0.25, 0.3) is 0 Å². The molecular weight excluding hydrogens is 375 g/mol. The summed E-state index contributed by atoms with van der Waals surface area (Å²) in [5, 5.41) is 2.59. The second-order valence-electron chi connectivity index (χ2n) is 8.99. The Hall–Kier alpha value is -1.89. The van der Waals surface area contributed by atoms with Crippen molar-refractivity contribution in [2.45, 2.75) is 52.1 Å². The Morgan fingerprint density at radius 1 is 1.03 bits per heavy atom. The van der Waals surface area contributed by atoms with E-state index in [2.05, 4.69) is 102 Å². The average molecular weight is 409 g/mol. The Bertz CT molecular complexity index is 922. The highest BCUT2D eigenvalue weighted by atomic mass is 31.1. The minimum atomic E-state index is -0.726. The highest BCUT2D eigenvalue weighted by molar-refractivity contribution is 7.75. The van der Waals surface area contributed by atoms with Gasteiger partial charge in [0.15, 0.2) is 6.79 Å². The summed E-state index contributed by atoms with van der Waals surface area (Å²) in [5.41, 5.74) is 3.87. The molecule has 2 unspecified atom stereocenters. The van der Waals surface area contributed by atoms with E-state index in [1.165, 1.54) is 27.3 Å². The van der Waals surface area contributed by atoms with Crippen molar-refractivity contribution < 1.29 is 9.47 Å². The van der Waals surface area contributed by atoms with Gasteiger partial charge in [0, 0.05) is 23.1 Å². The van der Waals surface area contributed by atoms with Gasteiger partial charge in [0.2, 0.25) is 0 Å². The zero-order valence-electron chi connectivity index (χ0n) is 18.7. The highest BCUT2D eigenvalue weighted by Crippen LogP contribution is 2.56. The maximum atomic E-state index is 6.29. The van der Waals surface area contributed by atoms with Crippen molar-refractivity contribution in [3.05, 3.63) is 77.4 Å². The number of benzene rings is 2. The molecule has 154 valence electrons. The Morgan fingerprint density at radius 2 is 1.72 bits per heavy atom. The molecule has 2 aromatic carbocycles. The van der Waals surface area contributed by atoms with Crippen LogP contribution < -0.4 is 15.3 Å². The smallest absolute Gasteiger partial charge is 0.188 e. The van der Waals surface area contributed by atoms with Crippen molar-refractivity contribution in [3.8, 4) is 5.75 Å². The van der Waals surface area contributed by atoms with Gasteiger partial charge in [-0.05, 0) is 51.0 Å². The van der Waals surface area contributed by atoms with Gasteiger partial charge in [-0.3, -0.25) is 0 Å². The van der Waals surface area contributed by atoms with E-state index in [0.29, 0.717) is 0 Å². The molecule has 0 radical (unpaired) electrons. The first kappa shape index (κ1) is 21.8. The summed E-state index contributed by atoms with van der Waals surface area (Å²) in [6, 6.07) is 15.5. The van der Waals surface area contributed by atoms with Gasteiger partial charge < -0.3 is 9.47 Å². The SMILES string of the molecule is COCOc1c(P(c2ccccc2)C2(C)C=CC=C2C)cc(C)cc1C(C)(C)C. The molecule has 0 aliphatic heterocycles. The summed E-state index contributed by atoms with van der Waals surface area (Å²) in [6.45, 7) is 13.8. The van der Waals surface area contributed by atoms with Gasteiger partial charge in [-0.25, -0.2) is 0 Å². The van der Waals surface area contributed by atoms with Crippen LogP contribution in [0.5, 0.6) is 5.75 Å².